The van der Waals surface area contributed by atoms with Gasteiger partial charge in [-0.25, -0.2) is 0 Å². The highest BCUT2D eigenvalue weighted by molar-refractivity contribution is 4.71. The van der Waals surface area contributed by atoms with Crippen molar-refractivity contribution in [1.82, 2.24) is 4.90 Å². The van der Waals surface area contributed by atoms with E-state index in [4.69, 9.17) is 10.5 Å². The summed E-state index contributed by atoms with van der Waals surface area (Å²) < 4.78 is 5.50. The Bertz CT molecular complexity index is 150. The molecule has 0 aromatic heterocycles. The monoisotopic (exact) mass is 200 g/mol. The van der Waals surface area contributed by atoms with Crippen LogP contribution in [0.15, 0.2) is 0 Å². The molecule has 1 atom stereocenters. The Balaban J connectivity index is 2.04. The van der Waals surface area contributed by atoms with Crippen LogP contribution in [0.4, 0.5) is 0 Å². The molecular weight excluding hydrogens is 176 g/mol. The molecule has 1 aliphatic heterocycles. The Morgan fingerprint density at radius 2 is 2.21 bits per heavy atom. The van der Waals surface area contributed by atoms with Crippen LogP contribution in [-0.4, -0.2) is 36.9 Å². The maximum Gasteiger partial charge on any atom is 0.0571 e. The number of likely N-dealkylation sites (tertiary alicyclic amines) is 1. The second-order valence-corrected chi connectivity index (χ2v) is 4.37. The summed E-state index contributed by atoms with van der Waals surface area (Å²) in [6.07, 6.45) is 5.50. The first kappa shape index (κ1) is 12.0. The van der Waals surface area contributed by atoms with Gasteiger partial charge in [0.15, 0.2) is 0 Å². The van der Waals surface area contributed by atoms with Crippen molar-refractivity contribution in [3.63, 3.8) is 0 Å². The normalized spacial score (nSPS) is 24.4. The average Bonchev–Trinajstić information content (AvgIpc) is 2.15. The van der Waals surface area contributed by atoms with Crippen molar-refractivity contribution in [2.45, 2.75) is 51.8 Å². The lowest BCUT2D eigenvalue weighted by atomic mass is 10.1. The van der Waals surface area contributed by atoms with Crippen LogP contribution >= 0.6 is 0 Å². The van der Waals surface area contributed by atoms with Gasteiger partial charge in [-0.2, -0.15) is 0 Å². The van der Waals surface area contributed by atoms with Crippen LogP contribution in [0.2, 0.25) is 0 Å². The van der Waals surface area contributed by atoms with E-state index >= 15 is 0 Å². The molecule has 0 aromatic carbocycles. The quantitative estimate of drug-likeness (QED) is 0.685. The molecule has 0 aliphatic carbocycles. The standard InChI is InChI=1S/C11H24N2O/c1-10(2)14-9-5-8-13-7-4-3-6-11(13)12/h10-11H,3-9,12H2,1-2H3/t11-/m0/s1. The number of ether oxygens (including phenoxy) is 1. The van der Waals surface area contributed by atoms with E-state index in [1.807, 2.05) is 0 Å². The van der Waals surface area contributed by atoms with Gasteiger partial charge in [-0.05, 0) is 46.1 Å². The summed E-state index contributed by atoms with van der Waals surface area (Å²) in [5, 5.41) is 0. The van der Waals surface area contributed by atoms with Crippen molar-refractivity contribution >= 4 is 0 Å². The first-order valence-corrected chi connectivity index (χ1v) is 5.81. The summed E-state index contributed by atoms with van der Waals surface area (Å²) in [7, 11) is 0. The highest BCUT2D eigenvalue weighted by atomic mass is 16.5. The molecule has 84 valence electrons. The van der Waals surface area contributed by atoms with Gasteiger partial charge in [0.25, 0.3) is 0 Å². The second kappa shape index (κ2) is 6.38. The molecule has 0 unspecified atom stereocenters. The van der Waals surface area contributed by atoms with Crippen LogP contribution in [0, 0.1) is 0 Å². The first-order chi connectivity index (χ1) is 6.70. The predicted molar refractivity (Wildman–Crippen MR) is 59.1 cm³/mol. The molecule has 0 aromatic rings. The largest absolute Gasteiger partial charge is 0.379 e. The van der Waals surface area contributed by atoms with E-state index < -0.39 is 0 Å². The third-order valence-corrected chi connectivity index (χ3v) is 2.71. The molecule has 14 heavy (non-hydrogen) atoms. The summed E-state index contributed by atoms with van der Waals surface area (Å²) in [5.41, 5.74) is 6.01. The molecule has 1 aliphatic rings. The number of piperidine rings is 1. The van der Waals surface area contributed by atoms with Crippen LogP contribution in [0.1, 0.15) is 39.5 Å². The molecule has 0 amide bonds. The minimum Gasteiger partial charge on any atom is -0.379 e. The highest BCUT2D eigenvalue weighted by Crippen LogP contribution is 2.13. The van der Waals surface area contributed by atoms with E-state index in [1.165, 1.54) is 19.4 Å². The van der Waals surface area contributed by atoms with Gasteiger partial charge in [0.05, 0.1) is 12.3 Å². The smallest absolute Gasteiger partial charge is 0.0571 e. The summed E-state index contributed by atoms with van der Waals surface area (Å²) >= 11 is 0. The Kier molecular flexibility index (Phi) is 5.45. The van der Waals surface area contributed by atoms with Crippen molar-refractivity contribution in [3.05, 3.63) is 0 Å². The van der Waals surface area contributed by atoms with Gasteiger partial charge in [-0.3, -0.25) is 4.90 Å². The SMILES string of the molecule is CC(C)OCCCN1CCCC[C@H]1N. The van der Waals surface area contributed by atoms with Crippen LogP contribution in [0.5, 0.6) is 0 Å². The molecule has 0 spiro atoms. The number of rotatable bonds is 5. The molecule has 3 nitrogen and oxygen atoms in total. The molecule has 1 fully saturated rings. The minimum absolute atomic E-state index is 0.294. The van der Waals surface area contributed by atoms with Crippen molar-refractivity contribution < 1.29 is 4.74 Å². The zero-order valence-corrected chi connectivity index (χ0v) is 9.54. The lowest BCUT2D eigenvalue weighted by molar-refractivity contribution is 0.0626. The lowest BCUT2D eigenvalue weighted by Gasteiger charge is -2.32. The van der Waals surface area contributed by atoms with E-state index in [0.717, 1.165) is 26.0 Å². The van der Waals surface area contributed by atoms with Crippen LogP contribution in [0.3, 0.4) is 0 Å². The zero-order chi connectivity index (χ0) is 10.4. The molecule has 1 saturated heterocycles. The average molecular weight is 200 g/mol. The summed E-state index contributed by atoms with van der Waals surface area (Å²) in [6, 6.07) is 0. The van der Waals surface area contributed by atoms with E-state index in [9.17, 15) is 0 Å². The Hall–Kier alpha value is -0.120. The maximum absolute atomic E-state index is 6.01. The summed E-state index contributed by atoms with van der Waals surface area (Å²) in [6.45, 7) is 7.27. The first-order valence-electron chi connectivity index (χ1n) is 5.81. The predicted octanol–water partition coefficient (Wildman–Crippen LogP) is 1.57. The van der Waals surface area contributed by atoms with Crippen molar-refractivity contribution in [3.8, 4) is 0 Å². The third kappa shape index (κ3) is 4.40. The van der Waals surface area contributed by atoms with Crippen LogP contribution in [0.25, 0.3) is 0 Å². The fourth-order valence-corrected chi connectivity index (χ4v) is 1.88. The molecule has 3 heteroatoms. The lowest BCUT2D eigenvalue weighted by Crippen LogP contribution is -2.45. The van der Waals surface area contributed by atoms with Gasteiger partial charge < -0.3 is 10.5 Å². The van der Waals surface area contributed by atoms with Crippen molar-refractivity contribution in [2.75, 3.05) is 19.7 Å². The zero-order valence-electron chi connectivity index (χ0n) is 9.54. The molecule has 1 rings (SSSR count). The van der Waals surface area contributed by atoms with Gasteiger partial charge in [-0.15, -0.1) is 0 Å². The fraction of sp³-hybridized carbons (Fsp3) is 1.00. The van der Waals surface area contributed by atoms with Crippen LogP contribution < -0.4 is 5.73 Å². The molecule has 0 bridgehead atoms. The number of hydrogen-bond donors (Lipinski definition) is 1. The molecule has 0 saturated carbocycles. The number of hydrogen-bond acceptors (Lipinski definition) is 3. The molecule has 2 N–H and O–H groups in total. The van der Waals surface area contributed by atoms with Crippen LogP contribution in [-0.2, 0) is 4.74 Å². The maximum atomic E-state index is 6.01. The van der Waals surface area contributed by atoms with Gasteiger partial charge in [0.1, 0.15) is 0 Å². The van der Waals surface area contributed by atoms with E-state index in [2.05, 4.69) is 18.7 Å². The molecule has 0 radical (unpaired) electrons. The van der Waals surface area contributed by atoms with Gasteiger partial charge in [0, 0.05) is 13.2 Å². The van der Waals surface area contributed by atoms with Gasteiger partial charge >= 0.3 is 0 Å². The minimum atomic E-state index is 0.294. The molecule has 1 heterocycles. The fourth-order valence-electron chi connectivity index (χ4n) is 1.88. The third-order valence-electron chi connectivity index (χ3n) is 2.71. The topological polar surface area (TPSA) is 38.5 Å². The van der Waals surface area contributed by atoms with E-state index in [1.54, 1.807) is 0 Å². The highest BCUT2D eigenvalue weighted by Gasteiger charge is 2.17. The Morgan fingerprint density at radius 1 is 1.43 bits per heavy atom. The Labute approximate surface area is 87.6 Å². The van der Waals surface area contributed by atoms with Crippen molar-refractivity contribution in [2.24, 2.45) is 5.73 Å². The summed E-state index contributed by atoms with van der Waals surface area (Å²) in [4.78, 5) is 2.38. The van der Waals surface area contributed by atoms with Gasteiger partial charge in [0.2, 0.25) is 0 Å². The van der Waals surface area contributed by atoms with Gasteiger partial charge in [-0.1, -0.05) is 0 Å². The summed E-state index contributed by atoms with van der Waals surface area (Å²) in [5.74, 6) is 0. The number of nitrogens with zero attached hydrogens (tertiary/aromatic N) is 1. The van der Waals surface area contributed by atoms with Crippen molar-refractivity contribution in [1.29, 1.82) is 0 Å². The van der Waals surface area contributed by atoms with E-state index in [0.29, 0.717) is 12.3 Å². The number of nitrogens with two attached hydrogens (primary N) is 1. The Morgan fingerprint density at radius 3 is 2.86 bits per heavy atom. The molecular formula is C11H24N2O. The van der Waals surface area contributed by atoms with E-state index in [-0.39, 0.29) is 0 Å². The second-order valence-electron chi connectivity index (χ2n) is 4.37.